The number of hydrogen-bond donors (Lipinski definition) is 4. The molecular formula is C18H26N6O2+2. The molecule has 0 radical (unpaired) electrons. The van der Waals surface area contributed by atoms with E-state index >= 15 is 0 Å². The van der Waals surface area contributed by atoms with E-state index in [1.54, 1.807) is 0 Å². The Kier molecular flexibility index (Phi) is 6.48. The zero-order chi connectivity index (χ0) is 19.1. The Balaban J connectivity index is 2.45. The van der Waals surface area contributed by atoms with E-state index in [9.17, 15) is 9.59 Å². The molecule has 8 nitrogen and oxygen atoms in total. The van der Waals surface area contributed by atoms with Gasteiger partial charge < -0.3 is 22.1 Å². The van der Waals surface area contributed by atoms with Crippen molar-refractivity contribution < 1.29 is 18.7 Å². The van der Waals surface area contributed by atoms with Gasteiger partial charge in [0.25, 0.3) is 0 Å². The second kappa shape index (κ2) is 8.80. The first-order valence-electron chi connectivity index (χ1n) is 8.54. The molecule has 2 aromatic heterocycles. The van der Waals surface area contributed by atoms with E-state index in [1.807, 2.05) is 72.0 Å². The van der Waals surface area contributed by atoms with Crippen molar-refractivity contribution in [3.8, 4) is 0 Å². The third-order valence-electron chi connectivity index (χ3n) is 4.21. The summed E-state index contributed by atoms with van der Waals surface area (Å²) < 4.78 is 3.99. The van der Waals surface area contributed by atoms with Crippen LogP contribution in [-0.4, -0.2) is 12.1 Å². The zero-order valence-corrected chi connectivity index (χ0v) is 15.1. The van der Waals surface area contributed by atoms with Crippen molar-refractivity contribution in [2.24, 2.45) is 11.5 Å². The molecule has 0 bridgehead atoms. The SMILES string of the molecule is CC[n+]1ccc(C(NC(N)=O)C(NC(N)=O)c2cc[n+](CC)cc2)cc1. The van der Waals surface area contributed by atoms with Crippen LogP contribution in [0, 0.1) is 0 Å². The van der Waals surface area contributed by atoms with Gasteiger partial charge in [-0.2, -0.15) is 0 Å². The van der Waals surface area contributed by atoms with Crippen LogP contribution in [0.25, 0.3) is 0 Å². The standard InChI is InChI=1S/C18H24N6O2/c1-3-23-9-5-13(6-10-23)15(21-17(19)25)16(22-18(20)26)14-7-11-24(4-2)12-8-14/h5-12,15-16H,3-4H2,1-2H3,(H4-2,19,20,21,22,25,26)/p+2. The summed E-state index contributed by atoms with van der Waals surface area (Å²) in [4.78, 5) is 23.2. The van der Waals surface area contributed by atoms with Gasteiger partial charge in [0.15, 0.2) is 24.8 Å². The van der Waals surface area contributed by atoms with E-state index in [0.717, 1.165) is 24.2 Å². The molecule has 2 rings (SSSR count). The number of nitrogens with two attached hydrogens (primary N) is 2. The minimum Gasteiger partial charge on any atom is -0.352 e. The van der Waals surface area contributed by atoms with E-state index in [0.29, 0.717) is 0 Å². The van der Waals surface area contributed by atoms with Crippen molar-refractivity contribution >= 4 is 12.1 Å². The predicted octanol–water partition coefficient (Wildman–Crippen LogP) is 0.420. The highest BCUT2D eigenvalue weighted by Gasteiger charge is 2.28. The second-order valence-electron chi connectivity index (χ2n) is 5.90. The van der Waals surface area contributed by atoms with Crippen molar-refractivity contribution in [2.75, 3.05) is 0 Å². The molecule has 2 unspecified atom stereocenters. The second-order valence-corrected chi connectivity index (χ2v) is 5.90. The zero-order valence-electron chi connectivity index (χ0n) is 15.1. The van der Waals surface area contributed by atoms with Gasteiger partial charge in [-0.05, 0) is 25.0 Å². The molecule has 2 atom stereocenters. The van der Waals surface area contributed by atoms with Crippen LogP contribution >= 0.6 is 0 Å². The van der Waals surface area contributed by atoms with Gasteiger partial charge in [-0.15, -0.1) is 0 Å². The van der Waals surface area contributed by atoms with Gasteiger partial charge in [-0.3, -0.25) is 0 Å². The van der Waals surface area contributed by atoms with E-state index in [4.69, 9.17) is 11.5 Å². The van der Waals surface area contributed by atoms with Crippen LogP contribution in [0.1, 0.15) is 37.1 Å². The number of carbonyl (C=O) groups excluding carboxylic acids is 2. The largest absolute Gasteiger partial charge is 0.352 e. The topological polar surface area (TPSA) is 118 Å². The van der Waals surface area contributed by atoms with Gasteiger partial charge in [-0.25, -0.2) is 18.7 Å². The number of primary amides is 2. The van der Waals surface area contributed by atoms with Gasteiger partial charge in [-0.1, -0.05) is 0 Å². The van der Waals surface area contributed by atoms with Crippen molar-refractivity contribution in [3.63, 3.8) is 0 Å². The molecule has 0 spiro atoms. The number of nitrogens with one attached hydrogen (secondary N) is 2. The molecule has 6 N–H and O–H groups in total. The van der Waals surface area contributed by atoms with E-state index in [1.165, 1.54) is 0 Å². The first-order chi connectivity index (χ1) is 12.4. The molecule has 0 aromatic carbocycles. The molecule has 0 saturated carbocycles. The van der Waals surface area contributed by atoms with Gasteiger partial charge in [0.1, 0.15) is 13.1 Å². The maximum atomic E-state index is 11.6. The van der Waals surface area contributed by atoms with Crippen molar-refractivity contribution in [1.29, 1.82) is 0 Å². The Morgan fingerprint density at radius 3 is 1.35 bits per heavy atom. The van der Waals surface area contributed by atoms with Crippen LogP contribution in [0.3, 0.4) is 0 Å². The fraction of sp³-hybridized carbons (Fsp3) is 0.333. The summed E-state index contributed by atoms with van der Waals surface area (Å²) in [5.74, 6) is 0. The maximum absolute atomic E-state index is 11.6. The highest BCUT2D eigenvalue weighted by Crippen LogP contribution is 2.28. The molecular weight excluding hydrogens is 332 g/mol. The van der Waals surface area contributed by atoms with Crippen LogP contribution in [0.4, 0.5) is 9.59 Å². The Labute approximate surface area is 152 Å². The molecule has 0 aliphatic rings. The smallest absolute Gasteiger partial charge is 0.312 e. The maximum Gasteiger partial charge on any atom is 0.312 e. The highest BCUT2D eigenvalue weighted by molar-refractivity contribution is 5.74. The molecule has 26 heavy (non-hydrogen) atoms. The highest BCUT2D eigenvalue weighted by atomic mass is 16.2. The normalized spacial score (nSPS) is 12.8. The van der Waals surface area contributed by atoms with Crippen molar-refractivity contribution in [1.82, 2.24) is 10.6 Å². The van der Waals surface area contributed by atoms with E-state index < -0.39 is 24.1 Å². The van der Waals surface area contributed by atoms with Crippen LogP contribution in [-0.2, 0) is 13.1 Å². The van der Waals surface area contributed by atoms with Crippen LogP contribution in [0.2, 0.25) is 0 Å². The number of nitrogens with zero attached hydrogens (tertiary/aromatic N) is 2. The average Bonchev–Trinajstić information content (AvgIpc) is 2.64. The first-order valence-corrected chi connectivity index (χ1v) is 8.54. The summed E-state index contributed by atoms with van der Waals surface area (Å²) in [5.41, 5.74) is 12.4. The summed E-state index contributed by atoms with van der Waals surface area (Å²) in [7, 11) is 0. The Bertz CT molecular complexity index is 680. The minimum absolute atomic E-state index is 0.566. The Morgan fingerprint density at radius 1 is 0.808 bits per heavy atom. The molecule has 4 amide bonds. The summed E-state index contributed by atoms with van der Waals surface area (Å²) in [6.45, 7) is 5.71. The molecule has 2 heterocycles. The van der Waals surface area contributed by atoms with E-state index in [-0.39, 0.29) is 0 Å². The minimum atomic E-state index is -0.682. The Morgan fingerprint density at radius 2 is 1.12 bits per heavy atom. The quantitative estimate of drug-likeness (QED) is 0.537. The number of aromatic nitrogens is 2. The van der Waals surface area contributed by atoms with Gasteiger partial charge in [0.2, 0.25) is 0 Å². The number of pyridine rings is 2. The van der Waals surface area contributed by atoms with Crippen LogP contribution < -0.4 is 31.2 Å². The average molecular weight is 358 g/mol. The lowest BCUT2D eigenvalue weighted by Gasteiger charge is -2.28. The lowest BCUT2D eigenvalue weighted by molar-refractivity contribution is -0.693. The number of urea groups is 2. The predicted molar refractivity (Wildman–Crippen MR) is 95.5 cm³/mol. The summed E-state index contributed by atoms with van der Waals surface area (Å²) >= 11 is 0. The molecule has 0 fully saturated rings. The van der Waals surface area contributed by atoms with Crippen LogP contribution in [0.15, 0.2) is 49.1 Å². The fourth-order valence-corrected chi connectivity index (χ4v) is 2.80. The molecule has 138 valence electrons. The van der Waals surface area contributed by atoms with E-state index in [2.05, 4.69) is 10.6 Å². The van der Waals surface area contributed by atoms with Crippen molar-refractivity contribution in [3.05, 3.63) is 60.2 Å². The number of aryl methyl sites for hydroxylation is 2. The summed E-state index contributed by atoms with van der Waals surface area (Å²) in [6.07, 6.45) is 7.62. The fourth-order valence-electron chi connectivity index (χ4n) is 2.80. The molecule has 8 heteroatoms. The molecule has 0 aliphatic carbocycles. The first kappa shape index (κ1) is 19.2. The van der Waals surface area contributed by atoms with Gasteiger partial charge >= 0.3 is 12.1 Å². The third-order valence-corrected chi connectivity index (χ3v) is 4.21. The number of amides is 4. The summed E-state index contributed by atoms with van der Waals surface area (Å²) in [6, 6.07) is 5.04. The lowest BCUT2D eigenvalue weighted by atomic mass is 9.94. The monoisotopic (exact) mass is 358 g/mol. The van der Waals surface area contributed by atoms with Crippen LogP contribution in [0.5, 0.6) is 0 Å². The third kappa shape index (κ3) is 4.92. The van der Waals surface area contributed by atoms with Crippen molar-refractivity contribution in [2.45, 2.75) is 39.0 Å². The molecule has 2 aromatic rings. The van der Waals surface area contributed by atoms with Gasteiger partial charge in [0, 0.05) is 24.3 Å². The molecule has 0 aliphatic heterocycles. The lowest BCUT2D eigenvalue weighted by Crippen LogP contribution is -2.44. The number of rotatable bonds is 7. The Hall–Kier alpha value is -3.16. The number of hydrogen-bond acceptors (Lipinski definition) is 2. The van der Waals surface area contributed by atoms with Gasteiger partial charge in [0.05, 0.1) is 12.1 Å². The number of carbonyl (C=O) groups is 2. The molecule has 0 saturated heterocycles. The summed E-state index contributed by atoms with van der Waals surface area (Å²) in [5, 5.41) is 5.44.